The summed E-state index contributed by atoms with van der Waals surface area (Å²) >= 11 is 0. The average molecular weight is 202 g/mol. The molecule has 0 spiro atoms. The third-order valence-electron chi connectivity index (χ3n) is 2.00. The normalized spacial score (nSPS) is 10.9. The molecule has 2 heteroatoms. The SMILES string of the molecule is C=COC(=O)C(C)=CCc1ccccc1. The van der Waals surface area contributed by atoms with Crippen LogP contribution in [0.15, 0.2) is 54.8 Å². The fourth-order valence-electron chi connectivity index (χ4n) is 1.14. The third kappa shape index (κ3) is 3.81. The Morgan fingerprint density at radius 3 is 2.67 bits per heavy atom. The zero-order valence-electron chi connectivity index (χ0n) is 8.77. The van der Waals surface area contributed by atoms with Gasteiger partial charge in [-0.1, -0.05) is 43.0 Å². The Balaban J connectivity index is 2.58. The van der Waals surface area contributed by atoms with E-state index < -0.39 is 0 Å². The first-order chi connectivity index (χ1) is 7.24. The number of ether oxygens (including phenoxy) is 1. The monoisotopic (exact) mass is 202 g/mol. The lowest BCUT2D eigenvalue weighted by atomic mass is 10.1. The molecule has 1 aromatic carbocycles. The second kappa shape index (κ2) is 5.81. The van der Waals surface area contributed by atoms with Crippen LogP contribution in [0.3, 0.4) is 0 Å². The molecular weight excluding hydrogens is 188 g/mol. The van der Waals surface area contributed by atoms with Gasteiger partial charge >= 0.3 is 5.97 Å². The van der Waals surface area contributed by atoms with Crippen molar-refractivity contribution in [2.75, 3.05) is 0 Å². The Morgan fingerprint density at radius 2 is 2.07 bits per heavy atom. The van der Waals surface area contributed by atoms with Gasteiger partial charge in [-0.15, -0.1) is 0 Å². The van der Waals surface area contributed by atoms with Crippen LogP contribution < -0.4 is 0 Å². The zero-order valence-corrected chi connectivity index (χ0v) is 8.77. The molecular formula is C13H14O2. The van der Waals surface area contributed by atoms with Crippen molar-refractivity contribution in [3.05, 3.63) is 60.4 Å². The van der Waals surface area contributed by atoms with E-state index in [1.807, 2.05) is 36.4 Å². The molecule has 78 valence electrons. The van der Waals surface area contributed by atoms with E-state index in [1.54, 1.807) is 6.92 Å². The van der Waals surface area contributed by atoms with E-state index in [4.69, 9.17) is 0 Å². The van der Waals surface area contributed by atoms with Crippen LogP contribution in [-0.4, -0.2) is 5.97 Å². The van der Waals surface area contributed by atoms with E-state index in [0.29, 0.717) is 5.57 Å². The molecule has 0 aliphatic carbocycles. The van der Waals surface area contributed by atoms with Crippen LogP contribution in [-0.2, 0) is 16.0 Å². The van der Waals surface area contributed by atoms with E-state index in [1.165, 1.54) is 5.56 Å². The van der Waals surface area contributed by atoms with Crippen LogP contribution in [0.5, 0.6) is 0 Å². The molecule has 2 nitrogen and oxygen atoms in total. The molecule has 1 aromatic rings. The lowest BCUT2D eigenvalue weighted by molar-refractivity contribution is -0.133. The fourth-order valence-corrected chi connectivity index (χ4v) is 1.14. The second-order valence-electron chi connectivity index (χ2n) is 3.15. The summed E-state index contributed by atoms with van der Waals surface area (Å²) in [7, 11) is 0. The number of esters is 1. The maximum Gasteiger partial charge on any atom is 0.338 e. The van der Waals surface area contributed by atoms with Gasteiger partial charge < -0.3 is 4.74 Å². The molecule has 0 heterocycles. The maximum atomic E-state index is 11.2. The Kier molecular flexibility index (Phi) is 4.35. The number of hydrogen-bond acceptors (Lipinski definition) is 2. The summed E-state index contributed by atoms with van der Waals surface area (Å²) < 4.78 is 4.65. The van der Waals surface area contributed by atoms with Gasteiger partial charge in [-0.3, -0.25) is 0 Å². The largest absolute Gasteiger partial charge is 0.432 e. The van der Waals surface area contributed by atoms with E-state index in [0.717, 1.165) is 12.7 Å². The molecule has 0 fully saturated rings. The Labute approximate surface area is 89.9 Å². The molecule has 15 heavy (non-hydrogen) atoms. The average Bonchev–Trinajstić information content (AvgIpc) is 2.27. The molecule has 0 aromatic heterocycles. The number of hydrogen-bond donors (Lipinski definition) is 0. The van der Waals surface area contributed by atoms with Gasteiger partial charge in [0.15, 0.2) is 0 Å². The maximum absolute atomic E-state index is 11.2. The minimum Gasteiger partial charge on any atom is -0.432 e. The van der Waals surface area contributed by atoms with Crippen molar-refractivity contribution in [1.82, 2.24) is 0 Å². The summed E-state index contributed by atoms with van der Waals surface area (Å²) in [5, 5.41) is 0. The summed E-state index contributed by atoms with van der Waals surface area (Å²) in [6.07, 6.45) is 3.72. The van der Waals surface area contributed by atoms with Crippen LogP contribution in [0.2, 0.25) is 0 Å². The molecule has 0 amide bonds. The number of allylic oxidation sites excluding steroid dienone is 1. The van der Waals surface area contributed by atoms with Gasteiger partial charge in [0, 0.05) is 5.57 Å². The van der Waals surface area contributed by atoms with Gasteiger partial charge in [-0.2, -0.15) is 0 Å². The van der Waals surface area contributed by atoms with Crippen LogP contribution in [0.4, 0.5) is 0 Å². The van der Waals surface area contributed by atoms with Crippen LogP contribution in [0, 0.1) is 0 Å². The first-order valence-electron chi connectivity index (χ1n) is 4.76. The molecule has 0 unspecified atom stereocenters. The van der Waals surface area contributed by atoms with Crippen molar-refractivity contribution in [3.63, 3.8) is 0 Å². The van der Waals surface area contributed by atoms with Crippen molar-refractivity contribution in [2.45, 2.75) is 13.3 Å². The molecule has 0 atom stereocenters. The Hall–Kier alpha value is -1.83. The highest BCUT2D eigenvalue weighted by molar-refractivity contribution is 5.88. The molecule has 0 aliphatic heterocycles. The lowest BCUT2D eigenvalue weighted by Crippen LogP contribution is -2.01. The Morgan fingerprint density at radius 1 is 1.40 bits per heavy atom. The van der Waals surface area contributed by atoms with Gasteiger partial charge in [-0.25, -0.2) is 4.79 Å². The van der Waals surface area contributed by atoms with Crippen LogP contribution in [0.1, 0.15) is 12.5 Å². The fraction of sp³-hybridized carbons (Fsp3) is 0.154. The molecule has 0 saturated carbocycles. The van der Waals surface area contributed by atoms with Crippen molar-refractivity contribution < 1.29 is 9.53 Å². The van der Waals surface area contributed by atoms with Crippen molar-refractivity contribution in [1.29, 1.82) is 0 Å². The van der Waals surface area contributed by atoms with Gasteiger partial charge in [-0.05, 0) is 18.9 Å². The first kappa shape index (κ1) is 11.2. The summed E-state index contributed by atoms with van der Waals surface area (Å²) in [5.41, 5.74) is 1.77. The minimum atomic E-state index is -0.346. The quantitative estimate of drug-likeness (QED) is 0.426. The van der Waals surface area contributed by atoms with Crippen LogP contribution >= 0.6 is 0 Å². The van der Waals surface area contributed by atoms with Gasteiger partial charge in [0.2, 0.25) is 0 Å². The number of carbonyl (C=O) groups is 1. The predicted molar refractivity (Wildman–Crippen MR) is 60.2 cm³/mol. The summed E-state index contributed by atoms with van der Waals surface area (Å²) in [6.45, 7) is 5.06. The molecule has 0 bridgehead atoms. The molecule has 0 N–H and O–H groups in total. The highest BCUT2D eigenvalue weighted by Gasteiger charge is 2.02. The van der Waals surface area contributed by atoms with E-state index in [2.05, 4.69) is 11.3 Å². The highest BCUT2D eigenvalue weighted by Crippen LogP contribution is 2.04. The topological polar surface area (TPSA) is 26.3 Å². The van der Waals surface area contributed by atoms with Crippen molar-refractivity contribution >= 4 is 5.97 Å². The molecule has 1 rings (SSSR count). The van der Waals surface area contributed by atoms with Gasteiger partial charge in [0.1, 0.15) is 0 Å². The first-order valence-corrected chi connectivity index (χ1v) is 4.76. The standard InChI is InChI=1S/C13H14O2/c1-3-15-13(14)11(2)9-10-12-7-5-4-6-8-12/h3-9H,1,10H2,2H3. The van der Waals surface area contributed by atoms with Crippen molar-refractivity contribution in [3.8, 4) is 0 Å². The smallest absolute Gasteiger partial charge is 0.338 e. The van der Waals surface area contributed by atoms with Crippen LogP contribution in [0.25, 0.3) is 0 Å². The van der Waals surface area contributed by atoms with E-state index >= 15 is 0 Å². The summed E-state index contributed by atoms with van der Waals surface area (Å²) in [4.78, 5) is 11.2. The Bertz CT molecular complexity index is 363. The molecule has 0 saturated heterocycles. The van der Waals surface area contributed by atoms with Crippen molar-refractivity contribution in [2.24, 2.45) is 0 Å². The van der Waals surface area contributed by atoms with Gasteiger partial charge in [0.25, 0.3) is 0 Å². The third-order valence-corrected chi connectivity index (χ3v) is 2.00. The van der Waals surface area contributed by atoms with E-state index in [9.17, 15) is 4.79 Å². The number of benzene rings is 1. The predicted octanol–water partition coefficient (Wildman–Crippen LogP) is 2.86. The molecule has 0 aliphatic rings. The zero-order chi connectivity index (χ0) is 11.1. The number of carbonyl (C=O) groups excluding carboxylic acids is 1. The molecule has 0 radical (unpaired) electrons. The number of rotatable bonds is 4. The minimum absolute atomic E-state index is 0.346. The summed E-state index contributed by atoms with van der Waals surface area (Å²) in [6, 6.07) is 9.94. The summed E-state index contributed by atoms with van der Waals surface area (Å²) in [5.74, 6) is -0.346. The second-order valence-corrected chi connectivity index (χ2v) is 3.15. The van der Waals surface area contributed by atoms with Gasteiger partial charge in [0.05, 0.1) is 6.26 Å². The highest BCUT2D eigenvalue weighted by atomic mass is 16.5. The van der Waals surface area contributed by atoms with E-state index in [-0.39, 0.29) is 5.97 Å². The lowest BCUT2D eigenvalue weighted by Gasteiger charge is -1.99.